The number of hydrogen-bond donors (Lipinski definition) is 1. The summed E-state index contributed by atoms with van der Waals surface area (Å²) in [6, 6.07) is 6.85. The van der Waals surface area contributed by atoms with Gasteiger partial charge >= 0.3 is 0 Å². The summed E-state index contributed by atoms with van der Waals surface area (Å²) in [5.41, 5.74) is 6.89. The fourth-order valence-corrected chi connectivity index (χ4v) is 2.88. The van der Waals surface area contributed by atoms with Crippen molar-refractivity contribution in [3.05, 3.63) is 35.6 Å². The summed E-state index contributed by atoms with van der Waals surface area (Å²) in [6.45, 7) is 5.33. The number of benzene rings is 1. The van der Waals surface area contributed by atoms with Crippen LogP contribution in [0, 0.1) is 5.82 Å². The minimum Gasteiger partial charge on any atom is -0.377 e. The van der Waals surface area contributed by atoms with Crippen LogP contribution in [0.1, 0.15) is 37.8 Å². The molecule has 1 saturated heterocycles. The highest BCUT2D eigenvalue weighted by atomic mass is 19.1. The third kappa shape index (κ3) is 4.01. The van der Waals surface area contributed by atoms with E-state index in [0.717, 1.165) is 44.5 Å². The van der Waals surface area contributed by atoms with Crippen molar-refractivity contribution in [2.75, 3.05) is 26.2 Å². The molecule has 2 unspecified atom stereocenters. The quantitative estimate of drug-likeness (QED) is 0.870. The zero-order valence-corrected chi connectivity index (χ0v) is 12.2. The molecule has 3 nitrogen and oxygen atoms in total. The summed E-state index contributed by atoms with van der Waals surface area (Å²) in [5, 5.41) is 0. The maximum atomic E-state index is 13.4. The van der Waals surface area contributed by atoms with Crippen LogP contribution in [0.5, 0.6) is 0 Å². The molecule has 1 aromatic carbocycles. The lowest BCUT2D eigenvalue weighted by molar-refractivity contribution is -0.0118. The van der Waals surface area contributed by atoms with Gasteiger partial charge in [-0.1, -0.05) is 19.1 Å². The average molecular weight is 280 g/mol. The van der Waals surface area contributed by atoms with Crippen LogP contribution < -0.4 is 5.73 Å². The van der Waals surface area contributed by atoms with Gasteiger partial charge in [0.05, 0.1) is 6.10 Å². The zero-order chi connectivity index (χ0) is 14.4. The molecule has 0 amide bonds. The second-order valence-corrected chi connectivity index (χ2v) is 5.44. The Morgan fingerprint density at radius 2 is 2.35 bits per heavy atom. The highest BCUT2D eigenvalue weighted by molar-refractivity contribution is 5.21. The topological polar surface area (TPSA) is 38.5 Å². The predicted molar refractivity (Wildman–Crippen MR) is 79.0 cm³/mol. The molecule has 0 aliphatic carbocycles. The van der Waals surface area contributed by atoms with Crippen molar-refractivity contribution in [2.45, 2.75) is 38.3 Å². The van der Waals surface area contributed by atoms with Gasteiger partial charge in [0, 0.05) is 25.7 Å². The van der Waals surface area contributed by atoms with E-state index in [9.17, 15) is 4.39 Å². The van der Waals surface area contributed by atoms with Crippen LogP contribution in [0.3, 0.4) is 0 Å². The number of likely N-dealkylation sites (tertiary alicyclic amines) is 1. The van der Waals surface area contributed by atoms with Crippen LogP contribution in [-0.4, -0.2) is 37.2 Å². The SMILES string of the molecule is CCCOC1CCCN(C(CN)c2cccc(F)c2)C1. The molecule has 4 heteroatoms. The van der Waals surface area contributed by atoms with Crippen LogP contribution in [0.25, 0.3) is 0 Å². The summed E-state index contributed by atoms with van der Waals surface area (Å²) in [7, 11) is 0. The van der Waals surface area contributed by atoms with E-state index in [1.807, 2.05) is 6.07 Å². The third-order valence-electron chi connectivity index (χ3n) is 3.86. The predicted octanol–water partition coefficient (Wildman–Crippen LogP) is 2.72. The number of rotatable bonds is 6. The van der Waals surface area contributed by atoms with E-state index in [1.54, 1.807) is 12.1 Å². The van der Waals surface area contributed by atoms with Gasteiger partial charge in [-0.15, -0.1) is 0 Å². The Hall–Kier alpha value is -0.970. The van der Waals surface area contributed by atoms with Crippen LogP contribution in [-0.2, 0) is 4.74 Å². The Balaban J connectivity index is 2.03. The highest BCUT2D eigenvalue weighted by Crippen LogP contribution is 2.25. The summed E-state index contributed by atoms with van der Waals surface area (Å²) in [4.78, 5) is 2.33. The molecule has 0 aromatic heterocycles. The van der Waals surface area contributed by atoms with E-state index in [-0.39, 0.29) is 18.0 Å². The fourth-order valence-electron chi connectivity index (χ4n) is 2.88. The number of hydrogen-bond acceptors (Lipinski definition) is 3. The molecular formula is C16H25FN2O. The number of nitrogens with two attached hydrogens (primary N) is 1. The third-order valence-corrected chi connectivity index (χ3v) is 3.86. The van der Waals surface area contributed by atoms with Crippen LogP contribution in [0.15, 0.2) is 24.3 Å². The van der Waals surface area contributed by atoms with Gasteiger partial charge in [0.15, 0.2) is 0 Å². The second kappa shape index (κ2) is 7.72. The zero-order valence-electron chi connectivity index (χ0n) is 12.2. The Labute approximate surface area is 120 Å². The second-order valence-electron chi connectivity index (χ2n) is 5.44. The molecule has 0 radical (unpaired) electrons. The van der Waals surface area contributed by atoms with Gasteiger partial charge in [0.25, 0.3) is 0 Å². The lowest BCUT2D eigenvalue weighted by Crippen LogP contribution is -2.44. The largest absolute Gasteiger partial charge is 0.377 e. The first-order chi connectivity index (χ1) is 9.74. The van der Waals surface area contributed by atoms with Crippen LogP contribution >= 0.6 is 0 Å². The summed E-state index contributed by atoms with van der Waals surface area (Å²) >= 11 is 0. The number of halogens is 1. The fraction of sp³-hybridized carbons (Fsp3) is 0.625. The Morgan fingerprint density at radius 1 is 1.50 bits per heavy atom. The molecule has 112 valence electrons. The standard InChI is InChI=1S/C16H25FN2O/c1-2-9-20-15-7-4-8-19(12-15)16(11-18)13-5-3-6-14(17)10-13/h3,5-6,10,15-16H,2,4,7-9,11-12,18H2,1H3. The minimum atomic E-state index is -0.197. The number of piperidine rings is 1. The van der Waals surface area contributed by atoms with Gasteiger partial charge in [-0.3, -0.25) is 4.90 Å². The van der Waals surface area contributed by atoms with Crippen LogP contribution in [0.4, 0.5) is 4.39 Å². The van der Waals surface area contributed by atoms with E-state index < -0.39 is 0 Å². The molecule has 1 aliphatic rings. The van der Waals surface area contributed by atoms with Gasteiger partial charge in [0.2, 0.25) is 0 Å². The molecular weight excluding hydrogens is 255 g/mol. The van der Waals surface area contributed by atoms with Crippen molar-refractivity contribution < 1.29 is 9.13 Å². The molecule has 1 aromatic rings. The summed E-state index contributed by atoms with van der Waals surface area (Å²) in [6.07, 6.45) is 3.55. The first-order valence-corrected chi connectivity index (χ1v) is 7.55. The van der Waals surface area contributed by atoms with Crippen molar-refractivity contribution >= 4 is 0 Å². The number of nitrogens with zero attached hydrogens (tertiary/aromatic N) is 1. The van der Waals surface area contributed by atoms with Crippen molar-refractivity contribution in [1.82, 2.24) is 4.90 Å². The normalized spacial score (nSPS) is 21.9. The molecule has 0 saturated carbocycles. The molecule has 2 rings (SSSR count). The first-order valence-electron chi connectivity index (χ1n) is 7.55. The van der Waals surface area contributed by atoms with E-state index in [0.29, 0.717) is 6.54 Å². The van der Waals surface area contributed by atoms with Gasteiger partial charge in [-0.25, -0.2) is 4.39 Å². The number of ether oxygens (including phenoxy) is 1. The molecule has 2 N–H and O–H groups in total. The van der Waals surface area contributed by atoms with Gasteiger partial charge in [-0.05, 0) is 43.5 Å². The van der Waals surface area contributed by atoms with Crippen molar-refractivity contribution in [1.29, 1.82) is 0 Å². The molecule has 0 bridgehead atoms. The molecule has 20 heavy (non-hydrogen) atoms. The van der Waals surface area contributed by atoms with Crippen LogP contribution in [0.2, 0.25) is 0 Å². The van der Waals surface area contributed by atoms with E-state index in [4.69, 9.17) is 10.5 Å². The van der Waals surface area contributed by atoms with Gasteiger partial charge in [-0.2, -0.15) is 0 Å². The smallest absolute Gasteiger partial charge is 0.123 e. The summed E-state index contributed by atoms with van der Waals surface area (Å²) < 4.78 is 19.3. The highest BCUT2D eigenvalue weighted by Gasteiger charge is 2.26. The lowest BCUT2D eigenvalue weighted by atomic mass is 10.0. The van der Waals surface area contributed by atoms with Crippen molar-refractivity contribution in [3.63, 3.8) is 0 Å². The minimum absolute atomic E-state index is 0.0822. The summed E-state index contributed by atoms with van der Waals surface area (Å²) in [5.74, 6) is -0.197. The molecule has 2 atom stereocenters. The molecule has 1 heterocycles. The van der Waals surface area contributed by atoms with Gasteiger partial charge < -0.3 is 10.5 Å². The maximum Gasteiger partial charge on any atom is 0.123 e. The molecule has 1 aliphatic heterocycles. The van der Waals surface area contributed by atoms with E-state index >= 15 is 0 Å². The lowest BCUT2D eigenvalue weighted by Gasteiger charge is -2.38. The average Bonchev–Trinajstić information content (AvgIpc) is 2.46. The van der Waals surface area contributed by atoms with Crippen molar-refractivity contribution in [2.24, 2.45) is 5.73 Å². The Kier molecular flexibility index (Phi) is 5.95. The molecule has 0 spiro atoms. The monoisotopic (exact) mass is 280 g/mol. The van der Waals surface area contributed by atoms with Crippen molar-refractivity contribution in [3.8, 4) is 0 Å². The van der Waals surface area contributed by atoms with Gasteiger partial charge in [0.1, 0.15) is 5.82 Å². The maximum absolute atomic E-state index is 13.4. The Morgan fingerprint density at radius 3 is 3.05 bits per heavy atom. The van der Waals surface area contributed by atoms with E-state index in [2.05, 4.69) is 11.8 Å². The Bertz CT molecular complexity index is 413. The molecule has 1 fully saturated rings. The van der Waals surface area contributed by atoms with E-state index in [1.165, 1.54) is 6.07 Å². The first kappa shape index (κ1) is 15.4.